The molecule has 43 heavy (non-hydrogen) atoms. The molecule has 0 bridgehead atoms. The molecule has 2 aliphatic carbocycles. The summed E-state index contributed by atoms with van der Waals surface area (Å²) < 4.78 is 73.1. The molecule has 2 aromatic heterocycles. The molecule has 2 amide bonds. The van der Waals surface area contributed by atoms with Crippen molar-refractivity contribution in [1.29, 1.82) is 0 Å². The highest BCUT2D eigenvalue weighted by atomic mass is 35.5. The van der Waals surface area contributed by atoms with Gasteiger partial charge in [0.1, 0.15) is 12.2 Å². The van der Waals surface area contributed by atoms with Gasteiger partial charge < -0.3 is 9.80 Å². The van der Waals surface area contributed by atoms with Gasteiger partial charge in [-0.2, -0.15) is 26.7 Å². The first-order chi connectivity index (χ1) is 20.3. The number of aromatic nitrogens is 2. The molecule has 1 aliphatic heterocycles. The molecule has 3 heterocycles. The third-order valence-corrected chi connectivity index (χ3v) is 10.2. The Bertz CT molecular complexity index is 1680. The van der Waals surface area contributed by atoms with E-state index in [1.165, 1.54) is 17.0 Å². The number of amides is 2. The van der Waals surface area contributed by atoms with Crippen molar-refractivity contribution in [2.24, 2.45) is 0 Å². The number of piperazine rings is 1. The van der Waals surface area contributed by atoms with Crippen LogP contribution < -0.4 is 0 Å². The Kier molecular flexibility index (Phi) is 7.70. The lowest BCUT2D eigenvalue weighted by atomic mass is 9.91. The molecular weight excluding hydrogens is 609 g/mol. The standard InChI is InChI=1S/C29H30ClF3N4O5S/c1-17-2-10-22(11-3-17)43(40,41)42-21-8-6-20(7-9-21)36-13-12-35(16-25(36)38)28(39)27-26(30)23-14-19(18-4-5-18)15-24(29(31,32)33)37(23)34-27/h2-3,10-11,14-15,18,20-21H,4-9,12-13,16H2,1H3. The lowest BCUT2D eigenvalue weighted by Crippen LogP contribution is -2.56. The van der Waals surface area contributed by atoms with Crippen molar-refractivity contribution >= 4 is 39.1 Å². The van der Waals surface area contributed by atoms with E-state index in [9.17, 15) is 31.2 Å². The minimum atomic E-state index is -4.70. The second kappa shape index (κ2) is 11.1. The average Bonchev–Trinajstić information content (AvgIpc) is 3.76. The molecule has 9 nitrogen and oxygen atoms in total. The molecule has 0 spiro atoms. The number of carbonyl (C=O) groups is 2. The molecule has 0 radical (unpaired) electrons. The summed E-state index contributed by atoms with van der Waals surface area (Å²) in [6.07, 6.45) is -1.65. The maximum atomic E-state index is 13.9. The van der Waals surface area contributed by atoms with Gasteiger partial charge in [-0.3, -0.25) is 13.8 Å². The van der Waals surface area contributed by atoms with Gasteiger partial charge in [0.15, 0.2) is 5.69 Å². The number of benzene rings is 1. The van der Waals surface area contributed by atoms with Crippen LogP contribution in [0.15, 0.2) is 41.3 Å². The van der Waals surface area contributed by atoms with Gasteiger partial charge >= 0.3 is 6.18 Å². The molecular formula is C29H30ClF3N4O5S. The lowest BCUT2D eigenvalue weighted by Gasteiger charge is -2.41. The average molecular weight is 639 g/mol. The summed E-state index contributed by atoms with van der Waals surface area (Å²) in [5, 5.41) is 3.78. The summed E-state index contributed by atoms with van der Waals surface area (Å²) in [4.78, 5) is 29.5. The van der Waals surface area contributed by atoms with E-state index in [0.717, 1.165) is 24.5 Å². The SMILES string of the molecule is Cc1ccc(S(=O)(=O)OC2CCC(N3CCN(C(=O)c4nn5c(C(F)(F)F)cc(C6CC6)cc5c4Cl)CC3=O)CC2)cc1. The van der Waals surface area contributed by atoms with Crippen molar-refractivity contribution in [3.05, 3.63) is 63.9 Å². The molecule has 230 valence electrons. The zero-order chi connectivity index (χ0) is 30.7. The van der Waals surface area contributed by atoms with E-state index in [-0.39, 0.29) is 58.6 Å². The van der Waals surface area contributed by atoms with Crippen LogP contribution >= 0.6 is 11.6 Å². The number of aryl methyl sites for hydroxylation is 1. The highest BCUT2D eigenvalue weighted by Crippen LogP contribution is 2.43. The van der Waals surface area contributed by atoms with Crippen molar-refractivity contribution in [2.45, 2.75) is 74.6 Å². The number of carbonyl (C=O) groups excluding carboxylic acids is 2. The van der Waals surface area contributed by atoms with Gasteiger partial charge in [-0.1, -0.05) is 29.3 Å². The quantitative estimate of drug-likeness (QED) is 0.345. The van der Waals surface area contributed by atoms with Crippen LogP contribution in [0.5, 0.6) is 0 Å². The molecule has 14 heteroatoms. The van der Waals surface area contributed by atoms with E-state index in [1.807, 2.05) is 6.92 Å². The number of rotatable bonds is 6. The van der Waals surface area contributed by atoms with Crippen LogP contribution in [0.1, 0.15) is 71.8 Å². The van der Waals surface area contributed by atoms with Crippen LogP contribution in [0, 0.1) is 6.92 Å². The minimum absolute atomic E-state index is 0.00933. The fourth-order valence-corrected chi connectivity index (χ4v) is 7.30. The summed E-state index contributed by atoms with van der Waals surface area (Å²) in [6, 6.07) is 8.90. The minimum Gasteiger partial charge on any atom is -0.336 e. The zero-order valence-electron chi connectivity index (χ0n) is 23.3. The normalized spacial score (nSPS) is 21.9. The second-order valence-electron chi connectivity index (χ2n) is 11.5. The van der Waals surface area contributed by atoms with Crippen molar-refractivity contribution < 1.29 is 35.4 Å². The van der Waals surface area contributed by atoms with Crippen molar-refractivity contribution in [1.82, 2.24) is 19.4 Å². The van der Waals surface area contributed by atoms with Crippen LogP contribution in [-0.2, 0) is 25.3 Å². The van der Waals surface area contributed by atoms with Crippen LogP contribution in [0.4, 0.5) is 13.2 Å². The first kappa shape index (κ1) is 29.9. The van der Waals surface area contributed by atoms with E-state index in [0.29, 0.717) is 35.8 Å². The van der Waals surface area contributed by atoms with Gasteiger partial charge in [0.25, 0.3) is 16.0 Å². The van der Waals surface area contributed by atoms with Crippen molar-refractivity contribution in [3.63, 3.8) is 0 Å². The van der Waals surface area contributed by atoms with Gasteiger partial charge in [-0.25, -0.2) is 4.52 Å². The zero-order valence-corrected chi connectivity index (χ0v) is 24.9. The van der Waals surface area contributed by atoms with Gasteiger partial charge in [0.05, 0.1) is 21.5 Å². The van der Waals surface area contributed by atoms with Crippen molar-refractivity contribution in [2.75, 3.05) is 19.6 Å². The predicted molar refractivity (Wildman–Crippen MR) is 150 cm³/mol. The van der Waals surface area contributed by atoms with E-state index >= 15 is 0 Å². The van der Waals surface area contributed by atoms with Gasteiger partial charge in [0.2, 0.25) is 5.91 Å². The van der Waals surface area contributed by atoms with Gasteiger partial charge in [-0.05, 0) is 81.2 Å². The van der Waals surface area contributed by atoms with Gasteiger partial charge in [-0.15, -0.1) is 0 Å². The third-order valence-electron chi connectivity index (χ3n) is 8.44. The molecule has 1 saturated heterocycles. The highest BCUT2D eigenvalue weighted by molar-refractivity contribution is 7.86. The Hall–Kier alpha value is -3.16. The van der Waals surface area contributed by atoms with Crippen LogP contribution in [0.3, 0.4) is 0 Å². The summed E-state index contributed by atoms with van der Waals surface area (Å²) in [5.74, 6) is -0.981. The molecule has 1 aromatic carbocycles. The lowest BCUT2D eigenvalue weighted by molar-refractivity contribution is -0.142. The maximum Gasteiger partial charge on any atom is 0.433 e. The molecule has 3 aliphatic rings. The van der Waals surface area contributed by atoms with E-state index < -0.39 is 34.0 Å². The molecule has 3 aromatic rings. The Labute approximate surface area is 251 Å². The number of fused-ring (bicyclic) bond motifs is 1. The number of nitrogens with zero attached hydrogens (tertiary/aromatic N) is 4. The Balaban J connectivity index is 1.10. The van der Waals surface area contributed by atoms with Gasteiger partial charge in [0, 0.05) is 19.1 Å². The number of pyridine rings is 1. The monoisotopic (exact) mass is 638 g/mol. The van der Waals surface area contributed by atoms with Crippen molar-refractivity contribution in [3.8, 4) is 0 Å². The van der Waals surface area contributed by atoms with Crippen LogP contribution in [-0.4, -0.2) is 71.4 Å². The maximum absolute atomic E-state index is 13.9. The summed E-state index contributed by atoms with van der Waals surface area (Å²) in [6.45, 7) is 1.99. The number of halogens is 4. The topological polar surface area (TPSA) is 101 Å². The third kappa shape index (κ3) is 5.99. The summed E-state index contributed by atoms with van der Waals surface area (Å²) in [5.41, 5.74) is 0.131. The molecule has 3 fully saturated rings. The second-order valence-corrected chi connectivity index (χ2v) is 13.5. The fourth-order valence-electron chi connectivity index (χ4n) is 5.92. The predicted octanol–water partition coefficient (Wildman–Crippen LogP) is 5.19. The Morgan fingerprint density at radius 2 is 1.70 bits per heavy atom. The largest absolute Gasteiger partial charge is 0.433 e. The number of alkyl halides is 3. The number of hydrogen-bond acceptors (Lipinski definition) is 6. The first-order valence-electron chi connectivity index (χ1n) is 14.2. The molecule has 0 atom stereocenters. The smallest absolute Gasteiger partial charge is 0.336 e. The van der Waals surface area contributed by atoms with E-state index in [1.54, 1.807) is 23.1 Å². The summed E-state index contributed by atoms with van der Waals surface area (Å²) >= 11 is 6.43. The Morgan fingerprint density at radius 1 is 1.02 bits per heavy atom. The molecule has 2 saturated carbocycles. The Morgan fingerprint density at radius 3 is 2.30 bits per heavy atom. The number of hydrogen-bond donors (Lipinski definition) is 0. The highest BCUT2D eigenvalue weighted by Gasteiger charge is 2.40. The van der Waals surface area contributed by atoms with Crippen LogP contribution in [0.25, 0.3) is 5.52 Å². The van der Waals surface area contributed by atoms with E-state index in [2.05, 4.69) is 5.10 Å². The van der Waals surface area contributed by atoms with Crippen LogP contribution in [0.2, 0.25) is 5.02 Å². The molecule has 0 unspecified atom stereocenters. The molecule has 6 rings (SSSR count). The van der Waals surface area contributed by atoms with E-state index in [4.69, 9.17) is 15.8 Å². The fraction of sp³-hybridized carbons (Fsp3) is 0.483. The first-order valence-corrected chi connectivity index (χ1v) is 16.0. The summed E-state index contributed by atoms with van der Waals surface area (Å²) in [7, 11) is -3.91. The molecule has 0 N–H and O–H groups in total.